The van der Waals surface area contributed by atoms with Crippen LogP contribution in [0.1, 0.15) is 12.0 Å². The van der Waals surface area contributed by atoms with Crippen LogP contribution in [0.3, 0.4) is 0 Å². The molecule has 0 aromatic heterocycles. The monoisotopic (exact) mass is 271 g/mol. The van der Waals surface area contributed by atoms with E-state index in [0.29, 0.717) is 11.3 Å². The van der Waals surface area contributed by atoms with Crippen LogP contribution in [0.15, 0.2) is 30.4 Å². The molecule has 4 rings (SSSR count). The topological polar surface area (TPSA) is 37.4 Å². The summed E-state index contributed by atoms with van der Waals surface area (Å²) >= 11 is 0. The standard InChI is InChI=1S/C16H14FNO2/c1-8-6-11(4-5-12(8)17)18-15(19)13-9-2-3-10(7-9)14(13)16(18)20/h2-6,9-10,13-14H,7H2,1H3. The lowest BCUT2D eigenvalue weighted by molar-refractivity contribution is -0.123. The summed E-state index contributed by atoms with van der Waals surface area (Å²) in [5.74, 6) is -0.577. The van der Waals surface area contributed by atoms with Crippen LogP contribution in [0.4, 0.5) is 10.1 Å². The van der Waals surface area contributed by atoms with Crippen LogP contribution < -0.4 is 4.90 Å². The SMILES string of the molecule is Cc1cc(N2C(=O)C3C4C=CC(C4)C3C2=O)ccc1F. The van der Waals surface area contributed by atoms with E-state index in [1.165, 1.54) is 17.0 Å². The Morgan fingerprint density at radius 3 is 2.25 bits per heavy atom. The molecular formula is C16H14FNO2. The molecule has 1 aromatic rings. The predicted molar refractivity (Wildman–Crippen MR) is 71.3 cm³/mol. The van der Waals surface area contributed by atoms with E-state index in [0.717, 1.165) is 6.42 Å². The number of amides is 2. The number of allylic oxidation sites excluding steroid dienone is 2. The Bertz CT molecular complexity index is 636. The van der Waals surface area contributed by atoms with E-state index in [9.17, 15) is 14.0 Å². The van der Waals surface area contributed by atoms with E-state index < -0.39 is 0 Å². The average Bonchev–Trinajstić information content (AvgIpc) is 3.08. The van der Waals surface area contributed by atoms with Gasteiger partial charge in [0.1, 0.15) is 5.82 Å². The van der Waals surface area contributed by atoms with Crippen LogP contribution in [0.5, 0.6) is 0 Å². The fraction of sp³-hybridized carbons (Fsp3) is 0.375. The van der Waals surface area contributed by atoms with Gasteiger partial charge in [0.2, 0.25) is 11.8 Å². The van der Waals surface area contributed by atoms with Crippen molar-refractivity contribution in [2.24, 2.45) is 23.7 Å². The van der Waals surface area contributed by atoms with Gasteiger partial charge in [-0.3, -0.25) is 14.5 Å². The van der Waals surface area contributed by atoms with Crippen LogP contribution in [-0.4, -0.2) is 11.8 Å². The number of anilines is 1. The Morgan fingerprint density at radius 1 is 1.10 bits per heavy atom. The highest BCUT2D eigenvalue weighted by atomic mass is 19.1. The maximum atomic E-state index is 13.3. The molecule has 2 bridgehead atoms. The van der Waals surface area contributed by atoms with Crippen LogP contribution in [0.25, 0.3) is 0 Å². The largest absolute Gasteiger partial charge is 0.274 e. The second kappa shape index (κ2) is 3.78. The lowest BCUT2D eigenvalue weighted by atomic mass is 9.85. The van der Waals surface area contributed by atoms with Gasteiger partial charge in [0, 0.05) is 0 Å². The molecule has 0 radical (unpaired) electrons. The maximum absolute atomic E-state index is 13.3. The van der Waals surface area contributed by atoms with Gasteiger partial charge in [-0.05, 0) is 48.9 Å². The van der Waals surface area contributed by atoms with Crippen LogP contribution in [0, 0.1) is 36.4 Å². The van der Waals surface area contributed by atoms with E-state index in [2.05, 4.69) is 12.2 Å². The Hall–Kier alpha value is -1.97. The number of nitrogens with zero attached hydrogens (tertiary/aromatic N) is 1. The highest BCUT2D eigenvalue weighted by molar-refractivity contribution is 6.22. The fourth-order valence-corrected chi connectivity index (χ4v) is 3.92. The number of halogens is 1. The number of carbonyl (C=O) groups excluding carboxylic acids is 2. The zero-order chi connectivity index (χ0) is 14.0. The molecule has 1 aliphatic heterocycles. The van der Waals surface area contributed by atoms with Gasteiger partial charge in [-0.25, -0.2) is 4.39 Å². The van der Waals surface area contributed by atoms with Gasteiger partial charge in [-0.1, -0.05) is 12.2 Å². The minimum Gasteiger partial charge on any atom is -0.274 e. The van der Waals surface area contributed by atoms with E-state index in [1.807, 2.05) is 0 Å². The molecule has 3 aliphatic rings. The molecule has 0 N–H and O–H groups in total. The summed E-state index contributed by atoms with van der Waals surface area (Å²) in [6, 6.07) is 4.39. The second-order valence-corrected chi connectivity index (χ2v) is 5.95. The maximum Gasteiger partial charge on any atom is 0.238 e. The second-order valence-electron chi connectivity index (χ2n) is 5.95. The first-order valence-electron chi connectivity index (χ1n) is 6.90. The van der Waals surface area contributed by atoms with Gasteiger partial charge in [-0.15, -0.1) is 0 Å². The Labute approximate surface area is 116 Å². The van der Waals surface area contributed by atoms with E-state index >= 15 is 0 Å². The third-order valence-electron chi connectivity index (χ3n) is 4.87. The number of imide groups is 1. The van der Waals surface area contributed by atoms with Crippen molar-refractivity contribution in [3.05, 3.63) is 41.7 Å². The minimum absolute atomic E-state index is 0.122. The van der Waals surface area contributed by atoms with E-state index in [-0.39, 0.29) is 41.3 Å². The molecule has 2 fully saturated rings. The Balaban J connectivity index is 1.76. The molecular weight excluding hydrogens is 257 g/mol. The number of fused-ring (bicyclic) bond motifs is 5. The summed E-state index contributed by atoms with van der Waals surface area (Å²) in [6.07, 6.45) is 5.05. The van der Waals surface area contributed by atoms with Gasteiger partial charge in [0.05, 0.1) is 17.5 Å². The summed E-state index contributed by atoms with van der Waals surface area (Å²) in [4.78, 5) is 26.4. The number of carbonyl (C=O) groups is 2. The van der Waals surface area contributed by atoms with Gasteiger partial charge in [0.25, 0.3) is 0 Å². The summed E-state index contributed by atoms with van der Waals surface area (Å²) in [7, 11) is 0. The first-order valence-corrected chi connectivity index (χ1v) is 6.90. The first-order chi connectivity index (χ1) is 9.58. The molecule has 4 atom stereocenters. The normalized spacial score (nSPS) is 34.2. The molecule has 102 valence electrons. The lowest BCUT2D eigenvalue weighted by Gasteiger charge is -2.17. The van der Waals surface area contributed by atoms with Crippen LogP contribution in [-0.2, 0) is 9.59 Å². The van der Waals surface area contributed by atoms with Crippen molar-refractivity contribution in [3.63, 3.8) is 0 Å². The molecule has 20 heavy (non-hydrogen) atoms. The van der Waals surface area contributed by atoms with E-state index in [4.69, 9.17) is 0 Å². The number of hydrogen-bond acceptors (Lipinski definition) is 2. The number of hydrogen-bond donors (Lipinski definition) is 0. The predicted octanol–water partition coefficient (Wildman–Crippen LogP) is 2.45. The van der Waals surface area contributed by atoms with Crippen molar-refractivity contribution in [1.82, 2.24) is 0 Å². The van der Waals surface area contributed by atoms with Crippen molar-refractivity contribution in [1.29, 1.82) is 0 Å². The smallest absolute Gasteiger partial charge is 0.238 e. The average molecular weight is 271 g/mol. The molecule has 1 saturated carbocycles. The molecule has 2 aliphatic carbocycles. The highest BCUT2D eigenvalue weighted by Gasteiger charge is 2.59. The summed E-state index contributed by atoms with van der Waals surface area (Å²) < 4.78 is 13.3. The Kier molecular flexibility index (Phi) is 2.23. The summed E-state index contributed by atoms with van der Waals surface area (Å²) in [5, 5.41) is 0. The molecule has 2 amide bonds. The first kappa shape index (κ1) is 11.8. The van der Waals surface area contributed by atoms with E-state index in [1.54, 1.807) is 13.0 Å². The zero-order valence-electron chi connectivity index (χ0n) is 11.0. The highest BCUT2D eigenvalue weighted by Crippen LogP contribution is 2.53. The van der Waals surface area contributed by atoms with Crippen molar-refractivity contribution in [2.45, 2.75) is 13.3 Å². The minimum atomic E-state index is -0.324. The summed E-state index contributed by atoms with van der Waals surface area (Å²) in [6.45, 7) is 1.63. The third-order valence-corrected chi connectivity index (χ3v) is 4.87. The van der Waals surface area contributed by atoms with Crippen LogP contribution in [0.2, 0.25) is 0 Å². The molecule has 0 spiro atoms. The van der Waals surface area contributed by atoms with Gasteiger partial charge < -0.3 is 0 Å². The third kappa shape index (κ3) is 1.34. The van der Waals surface area contributed by atoms with Crippen molar-refractivity contribution in [3.8, 4) is 0 Å². The van der Waals surface area contributed by atoms with Gasteiger partial charge >= 0.3 is 0 Å². The van der Waals surface area contributed by atoms with Crippen molar-refractivity contribution in [2.75, 3.05) is 4.90 Å². The lowest BCUT2D eigenvalue weighted by Crippen LogP contribution is -2.32. The Morgan fingerprint density at radius 2 is 1.70 bits per heavy atom. The molecule has 1 heterocycles. The molecule has 4 unspecified atom stereocenters. The quantitative estimate of drug-likeness (QED) is 0.581. The number of benzene rings is 1. The fourth-order valence-electron chi connectivity index (χ4n) is 3.92. The number of rotatable bonds is 1. The molecule has 1 aromatic carbocycles. The van der Waals surface area contributed by atoms with Gasteiger partial charge in [0.15, 0.2) is 0 Å². The molecule has 4 heteroatoms. The molecule has 3 nitrogen and oxygen atoms in total. The zero-order valence-corrected chi connectivity index (χ0v) is 11.0. The van der Waals surface area contributed by atoms with Crippen molar-refractivity contribution >= 4 is 17.5 Å². The number of aryl methyl sites for hydroxylation is 1. The van der Waals surface area contributed by atoms with Crippen molar-refractivity contribution < 1.29 is 14.0 Å². The van der Waals surface area contributed by atoms with Gasteiger partial charge in [-0.2, -0.15) is 0 Å². The summed E-state index contributed by atoms with van der Waals surface area (Å²) in [5.41, 5.74) is 0.939. The molecule has 1 saturated heterocycles. The van der Waals surface area contributed by atoms with Crippen LogP contribution >= 0.6 is 0 Å².